The number of piperidine rings is 1. The lowest BCUT2D eigenvalue weighted by molar-refractivity contribution is 0.0595. The molecule has 1 aromatic heterocycles. The lowest BCUT2D eigenvalue weighted by atomic mass is 9.88. The van der Waals surface area contributed by atoms with Gasteiger partial charge in [-0.3, -0.25) is 9.52 Å². The van der Waals surface area contributed by atoms with Crippen molar-refractivity contribution in [1.82, 2.24) is 14.9 Å². The highest BCUT2D eigenvalue weighted by molar-refractivity contribution is 7.92. The molecule has 2 heterocycles. The Kier molecular flexibility index (Phi) is 4.13. The number of nitrogens with one attached hydrogen (secondary N) is 2. The van der Waals surface area contributed by atoms with Gasteiger partial charge in [-0.25, -0.2) is 13.4 Å². The molecule has 0 radical (unpaired) electrons. The Hall–Kier alpha value is -2.87. The van der Waals surface area contributed by atoms with Gasteiger partial charge in [0, 0.05) is 29.8 Å². The largest absolute Gasteiger partial charge is 0.345 e. The molecule has 1 amide bonds. The Morgan fingerprint density at radius 2 is 2.10 bits per heavy atom. The molecule has 7 nitrogen and oxygen atoms in total. The molecule has 2 atom stereocenters. The quantitative estimate of drug-likeness (QED) is 0.694. The first kappa shape index (κ1) is 18.2. The van der Waals surface area contributed by atoms with Crippen LogP contribution in [0.15, 0.2) is 42.7 Å². The highest BCUT2D eigenvalue weighted by Crippen LogP contribution is 2.43. The summed E-state index contributed by atoms with van der Waals surface area (Å²) in [7, 11) is -3.32. The topological polar surface area (TPSA) is 95.2 Å². The van der Waals surface area contributed by atoms with Crippen LogP contribution in [0.3, 0.4) is 0 Å². The van der Waals surface area contributed by atoms with Crippen LogP contribution in [0.25, 0.3) is 11.0 Å². The minimum atomic E-state index is -3.32. The van der Waals surface area contributed by atoms with Gasteiger partial charge < -0.3 is 9.88 Å². The van der Waals surface area contributed by atoms with Crippen LogP contribution in [-0.2, 0) is 16.4 Å². The molecule has 2 aromatic carbocycles. The molecule has 8 heteroatoms. The molecule has 1 aliphatic carbocycles. The minimum absolute atomic E-state index is 0.0342. The van der Waals surface area contributed by atoms with Gasteiger partial charge in [-0.1, -0.05) is 6.07 Å². The lowest BCUT2D eigenvalue weighted by Gasteiger charge is -2.38. The Balaban J connectivity index is 1.43. The van der Waals surface area contributed by atoms with Crippen molar-refractivity contribution in [2.45, 2.75) is 31.2 Å². The molecule has 3 aromatic rings. The minimum Gasteiger partial charge on any atom is -0.345 e. The third-order valence-electron chi connectivity index (χ3n) is 5.98. The summed E-state index contributed by atoms with van der Waals surface area (Å²) in [5.74, 6) is 0.330. The summed E-state index contributed by atoms with van der Waals surface area (Å²) in [5.41, 5.74) is 5.28. The van der Waals surface area contributed by atoms with E-state index in [-0.39, 0.29) is 11.9 Å². The zero-order chi connectivity index (χ0) is 20.2. The van der Waals surface area contributed by atoms with Gasteiger partial charge in [0.15, 0.2) is 0 Å². The fourth-order valence-electron chi connectivity index (χ4n) is 4.80. The number of aromatic nitrogens is 2. The third kappa shape index (κ3) is 3.27. The first-order valence-electron chi connectivity index (χ1n) is 9.74. The second-order valence-corrected chi connectivity index (χ2v) is 9.69. The molecule has 0 spiro atoms. The fraction of sp³-hybridized carbons (Fsp3) is 0.333. The maximum atomic E-state index is 13.3. The molecule has 29 heavy (non-hydrogen) atoms. The monoisotopic (exact) mass is 410 g/mol. The van der Waals surface area contributed by atoms with Crippen molar-refractivity contribution in [3.63, 3.8) is 0 Å². The predicted molar refractivity (Wildman–Crippen MR) is 112 cm³/mol. The molecule has 1 aliphatic heterocycles. The molecular formula is C21H22N4O3S. The van der Waals surface area contributed by atoms with Crippen molar-refractivity contribution in [3.8, 4) is 0 Å². The van der Waals surface area contributed by atoms with Gasteiger partial charge >= 0.3 is 0 Å². The number of H-pyrrole nitrogens is 1. The normalized spacial score (nSPS) is 21.1. The number of fused-ring (bicyclic) bond motifs is 4. The van der Waals surface area contributed by atoms with Crippen molar-refractivity contribution in [3.05, 3.63) is 59.4 Å². The van der Waals surface area contributed by atoms with Crippen LogP contribution in [0.5, 0.6) is 0 Å². The SMILES string of the molecule is CS(=O)(=O)Nc1ccc2c(c1)CC1C2CCCN1C(=O)c1ccc2[nH]cnc2c1. The average molecular weight is 410 g/mol. The van der Waals surface area contributed by atoms with E-state index in [1.54, 1.807) is 6.33 Å². The lowest BCUT2D eigenvalue weighted by Crippen LogP contribution is -2.46. The van der Waals surface area contributed by atoms with E-state index in [0.717, 1.165) is 48.7 Å². The maximum absolute atomic E-state index is 13.3. The fourth-order valence-corrected chi connectivity index (χ4v) is 5.36. The second kappa shape index (κ2) is 6.59. The van der Waals surface area contributed by atoms with Crippen LogP contribution in [0, 0.1) is 0 Å². The van der Waals surface area contributed by atoms with Crippen LogP contribution < -0.4 is 4.72 Å². The van der Waals surface area contributed by atoms with Crippen molar-refractivity contribution in [2.24, 2.45) is 0 Å². The zero-order valence-corrected chi connectivity index (χ0v) is 16.9. The van der Waals surface area contributed by atoms with Gasteiger partial charge in [0.25, 0.3) is 5.91 Å². The van der Waals surface area contributed by atoms with Crippen molar-refractivity contribution in [2.75, 3.05) is 17.5 Å². The van der Waals surface area contributed by atoms with E-state index < -0.39 is 10.0 Å². The number of hydrogen-bond donors (Lipinski definition) is 2. The number of carbonyl (C=O) groups excluding carboxylic acids is 1. The van der Waals surface area contributed by atoms with Crippen LogP contribution in [-0.4, -0.2) is 48.0 Å². The molecule has 0 bridgehead atoms. The number of likely N-dealkylation sites (tertiary alicyclic amines) is 1. The number of aromatic amines is 1. The van der Waals surface area contributed by atoms with Gasteiger partial charge in [-0.15, -0.1) is 0 Å². The number of nitrogens with zero attached hydrogens (tertiary/aromatic N) is 2. The van der Waals surface area contributed by atoms with E-state index in [4.69, 9.17) is 0 Å². The third-order valence-corrected chi connectivity index (χ3v) is 6.59. The summed E-state index contributed by atoms with van der Waals surface area (Å²) in [6.07, 6.45) is 5.52. The molecular weight excluding hydrogens is 388 g/mol. The van der Waals surface area contributed by atoms with Gasteiger partial charge in [0.05, 0.1) is 23.6 Å². The summed E-state index contributed by atoms with van der Waals surface area (Å²) < 4.78 is 25.7. The van der Waals surface area contributed by atoms with Crippen molar-refractivity contribution >= 4 is 32.7 Å². The highest BCUT2D eigenvalue weighted by atomic mass is 32.2. The first-order valence-corrected chi connectivity index (χ1v) is 11.6. The molecule has 1 saturated heterocycles. The van der Waals surface area contributed by atoms with Crippen LogP contribution in [0.2, 0.25) is 0 Å². The Labute approximate surface area is 169 Å². The molecule has 1 fully saturated rings. The van der Waals surface area contributed by atoms with Gasteiger partial charge in [0.1, 0.15) is 0 Å². The summed E-state index contributed by atoms with van der Waals surface area (Å²) in [6.45, 7) is 0.737. The number of anilines is 1. The van der Waals surface area contributed by atoms with Gasteiger partial charge in [-0.2, -0.15) is 0 Å². The van der Waals surface area contributed by atoms with E-state index in [1.807, 2.05) is 41.3 Å². The maximum Gasteiger partial charge on any atom is 0.254 e. The van der Waals surface area contributed by atoms with Gasteiger partial charge in [0.2, 0.25) is 10.0 Å². The number of carbonyl (C=O) groups is 1. The summed E-state index contributed by atoms with van der Waals surface area (Å²) in [4.78, 5) is 22.6. The number of rotatable bonds is 3. The summed E-state index contributed by atoms with van der Waals surface area (Å²) >= 11 is 0. The Morgan fingerprint density at radius 1 is 1.24 bits per heavy atom. The van der Waals surface area contributed by atoms with Gasteiger partial charge in [-0.05, 0) is 60.7 Å². The molecule has 5 rings (SSSR count). The molecule has 2 N–H and O–H groups in total. The first-order chi connectivity index (χ1) is 13.9. The molecule has 0 saturated carbocycles. The molecule has 150 valence electrons. The number of hydrogen-bond acceptors (Lipinski definition) is 4. The van der Waals surface area contributed by atoms with E-state index in [0.29, 0.717) is 17.2 Å². The number of benzene rings is 2. The van der Waals surface area contributed by atoms with E-state index in [9.17, 15) is 13.2 Å². The molecule has 2 aliphatic rings. The van der Waals surface area contributed by atoms with E-state index >= 15 is 0 Å². The number of imidazole rings is 1. The van der Waals surface area contributed by atoms with Crippen molar-refractivity contribution in [1.29, 1.82) is 0 Å². The number of sulfonamides is 1. The second-order valence-electron chi connectivity index (χ2n) is 7.94. The predicted octanol–water partition coefficient (Wildman–Crippen LogP) is 2.88. The average Bonchev–Trinajstić information content (AvgIpc) is 3.29. The van der Waals surface area contributed by atoms with E-state index in [1.165, 1.54) is 5.56 Å². The zero-order valence-electron chi connectivity index (χ0n) is 16.1. The summed E-state index contributed by atoms with van der Waals surface area (Å²) in [6, 6.07) is 11.4. The molecule has 2 unspecified atom stereocenters. The summed E-state index contributed by atoms with van der Waals surface area (Å²) in [5, 5.41) is 0. The van der Waals surface area contributed by atoms with Crippen LogP contribution in [0.4, 0.5) is 5.69 Å². The van der Waals surface area contributed by atoms with Crippen LogP contribution >= 0.6 is 0 Å². The van der Waals surface area contributed by atoms with Crippen LogP contribution in [0.1, 0.15) is 40.2 Å². The Morgan fingerprint density at radius 3 is 2.93 bits per heavy atom. The highest BCUT2D eigenvalue weighted by Gasteiger charge is 2.41. The standard InChI is InChI=1S/C21H22N4O3S/c1-29(27,28)24-15-5-6-16-14(9-15)11-20-17(16)3-2-8-25(20)21(26)13-4-7-18-19(10-13)23-12-22-18/h4-7,9-10,12,17,20,24H,2-3,8,11H2,1H3,(H,22,23). The number of amides is 1. The smallest absolute Gasteiger partial charge is 0.254 e. The van der Waals surface area contributed by atoms with E-state index in [2.05, 4.69) is 14.7 Å². The van der Waals surface area contributed by atoms with Crippen molar-refractivity contribution < 1.29 is 13.2 Å². The Bertz CT molecular complexity index is 1220.